The molecule has 2 rings (SSSR count). The van der Waals surface area contributed by atoms with Gasteiger partial charge in [-0.05, 0) is 42.8 Å². The Labute approximate surface area is 134 Å². The Morgan fingerprint density at radius 2 is 1.82 bits per heavy atom. The van der Waals surface area contributed by atoms with Crippen LogP contribution in [0.2, 0.25) is 0 Å². The van der Waals surface area contributed by atoms with Crippen LogP contribution in [0.25, 0.3) is 0 Å². The number of anilines is 1. The van der Waals surface area contributed by atoms with E-state index in [1.807, 2.05) is 13.0 Å². The third-order valence-corrected chi connectivity index (χ3v) is 6.02. The predicted molar refractivity (Wildman–Crippen MR) is 88.3 cm³/mol. The summed E-state index contributed by atoms with van der Waals surface area (Å²) in [6, 6.07) is 10.3. The quantitative estimate of drug-likeness (QED) is 0.749. The van der Waals surface area contributed by atoms with Crippen molar-refractivity contribution in [3.05, 3.63) is 41.3 Å². The summed E-state index contributed by atoms with van der Waals surface area (Å²) in [5.74, 6) is 0.671. The number of benzene rings is 1. The standard InChI is InChI=1S/C15H19NO4S2/c1-3-14-8-9-15(21-14)22(17,18)16-12-4-6-13(7-5-12)20-11-10-19-2/h4-9,16H,3,10-11H2,1-2H3. The van der Waals surface area contributed by atoms with Gasteiger partial charge in [0.15, 0.2) is 0 Å². The molecule has 2 aromatic rings. The molecule has 0 aliphatic heterocycles. The van der Waals surface area contributed by atoms with Crippen molar-refractivity contribution in [2.24, 2.45) is 0 Å². The molecule has 0 atom stereocenters. The van der Waals surface area contributed by atoms with Crippen molar-refractivity contribution < 1.29 is 17.9 Å². The van der Waals surface area contributed by atoms with Crippen LogP contribution in [0.4, 0.5) is 5.69 Å². The zero-order valence-electron chi connectivity index (χ0n) is 12.5. The Hall–Kier alpha value is -1.57. The summed E-state index contributed by atoms with van der Waals surface area (Å²) in [5.41, 5.74) is 0.505. The SMILES string of the molecule is CCc1ccc(S(=O)(=O)Nc2ccc(OCCOC)cc2)s1. The van der Waals surface area contributed by atoms with Gasteiger partial charge >= 0.3 is 0 Å². The maximum atomic E-state index is 12.3. The van der Waals surface area contributed by atoms with Gasteiger partial charge in [-0.15, -0.1) is 11.3 Å². The van der Waals surface area contributed by atoms with E-state index in [0.717, 1.165) is 11.3 Å². The van der Waals surface area contributed by atoms with Crippen LogP contribution < -0.4 is 9.46 Å². The van der Waals surface area contributed by atoms with E-state index < -0.39 is 10.0 Å². The molecule has 0 aliphatic carbocycles. The lowest BCUT2D eigenvalue weighted by Crippen LogP contribution is -2.11. The molecule has 0 saturated carbocycles. The van der Waals surface area contributed by atoms with Gasteiger partial charge in [0.2, 0.25) is 0 Å². The van der Waals surface area contributed by atoms with Crippen molar-refractivity contribution in [2.75, 3.05) is 25.0 Å². The summed E-state index contributed by atoms with van der Waals surface area (Å²) in [6.07, 6.45) is 0.827. The van der Waals surface area contributed by atoms with Gasteiger partial charge in [-0.3, -0.25) is 4.72 Å². The lowest BCUT2D eigenvalue weighted by molar-refractivity contribution is 0.146. The normalized spacial score (nSPS) is 11.4. The van der Waals surface area contributed by atoms with Crippen LogP contribution >= 0.6 is 11.3 Å². The van der Waals surface area contributed by atoms with Crippen LogP contribution in [0, 0.1) is 0 Å². The second-order valence-electron chi connectivity index (χ2n) is 4.55. The van der Waals surface area contributed by atoms with E-state index in [1.54, 1.807) is 37.4 Å². The maximum Gasteiger partial charge on any atom is 0.271 e. The second-order valence-corrected chi connectivity index (χ2v) is 7.62. The fourth-order valence-electron chi connectivity index (χ4n) is 1.76. The number of nitrogens with one attached hydrogen (secondary N) is 1. The molecule has 1 heterocycles. The molecule has 0 saturated heterocycles. The summed E-state index contributed by atoms with van der Waals surface area (Å²) in [7, 11) is -1.92. The van der Waals surface area contributed by atoms with Gasteiger partial charge in [0.1, 0.15) is 16.6 Å². The summed E-state index contributed by atoms with van der Waals surface area (Å²) in [5, 5.41) is 0. The topological polar surface area (TPSA) is 64.6 Å². The van der Waals surface area contributed by atoms with Crippen molar-refractivity contribution in [1.29, 1.82) is 0 Å². The van der Waals surface area contributed by atoms with Gasteiger partial charge in [-0.2, -0.15) is 0 Å². The molecule has 0 fully saturated rings. The maximum absolute atomic E-state index is 12.3. The number of methoxy groups -OCH3 is 1. The summed E-state index contributed by atoms with van der Waals surface area (Å²) in [4.78, 5) is 1.04. The van der Waals surface area contributed by atoms with Crippen LogP contribution in [-0.2, 0) is 21.2 Å². The highest BCUT2D eigenvalue weighted by Crippen LogP contribution is 2.25. The fraction of sp³-hybridized carbons (Fsp3) is 0.333. The highest BCUT2D eigenvalue weighted by atomic mass is 32.2. The molecule has 0 spiro atoms. The summed E-state index contributed by atoms with van der Waals surface area (Å²) in [6.45, 7) is 2.96. The van der Waals surface area contributed by atoms with Crippen LogP contribution in [0.1, 0.15) is 11.8 Å². The third-order valence-electron chi connectivity index (χ3n) is 2.91. The monoisotopic (exact) mass is 341 g/mol. The smallest absolute Gasteiger partial charge is 0.271 e. The predicted octanol–water partition coefficient (Wildman–Crippen LogP) is 3.14. The molecule has 1 N–H and O–H groups in total. The molecule has 1 aromatic carbocycles. The minimum Gasteiger partial charge on any atom is -0.491 e. The first-order chi connectivity index (χ1) is 10.5. The van der Waals surface area contributed by atoms with E-state index >= 15 is 0 Å². The molecule has 0 bridgehead atoms. The van der Waals surface area contributed by atoms with Gasteiger partial charge < -0.3 is 9.47 Å². The Morgan fingerprint density at radius 3 is 2.41 bits per heavy atom. The molecule has 0 amide bonds. The minimum absolute atomic E-state index is 0.324. The van der Waals surface area contributed by atoms with Crippen molar-refractivity contribution >= 4 is 27.0 Å². The molecule has 0 aliphatic rings. The van der Waals surface area contributed by atoms with Crippen LogP contribution in [0.5, 0.6) is 5.75 Å². The Balaban J connectivity index is 2.03. The average Bonchev–Trinajstić information content (AvgIpc) is 2.99. The largest absolute Gasteiger partial charge is 0.491 e. The van der Waals surface area contributed by atoms with Crippen molar-refractivity contribution in [3.63, 3.8) is 0 Å². The number of rotatable bonds is 8. The van der Waals surface area contributed by atoms with Gasteiger partial charge in [-0.25, -0.2) is 8.42 Å². The minimum atomic E-state index is -3.53. The first-order valence-corrected chi connectivity index (χ1v) is 9.18. The van der Waals surface area contributed by atoms with E-state index in [9.17, 15) is 8.42 Å². The number of hydrogen-bond acceptors (Lipinski definition) is 5. The fourth-order valence-corrected chi connectivity index (χ4v) is 4.11. The Bertz CT molecular complexity index is 693. The first-order valence-electron chi connectivity index (χ1n) is 6.88. The zero-order valence-corrected chi connectivity index (χ0v) is 14.2. The molecule has 7 heteroatoms. The highest BCUT2D eigenvalue weighted by molar-refractivity contribution is 7.94. The van der Waals surface area contributed by atoms with Crippen molar-refractivity contribution in [1.82, 2.24) is 0 Å². The first kappa shape index (κ1) is 16.8. The molecule has 5 nitrogen and oxygen atoms in total. The van der Waals surface area contributed by atoms with E-state index in [0.29, 0.717) is 28.9 Å². The lowest BCUT2D eigenvalue weighted by Gasteiger charge is -2.08. The van der Waals surface area contributed by atoms with E-state index in [2.05, 4.69) is 4.72 Å². The summed E-state index contributed by atoms with van der Waals surface area (Å²) < 4.78 is 37.8. The number of thiophene rings is 1. The van der Waals surface area contributed by atoms with Crippen molar-refractivity contribution in [2.45, 2.75) is 17.6 Å². The van der Waals surface area contributed by atoms with Crippen LogP contribution in [0.15, 0.2) is 40.6 Å². The molecule has 0 radical (unpaired) electrons. The highest BCUT2D eigenvalue weighted by Gasteiger charge is 2.16. The van der Waals surface area contributed by atoms with Gasteiger partial charge in [0.25, 0.3) is 10.0 Å². The van der Waals surface area contributed by atoms with E-state index in [-0.39, 0.29) is 0 Å². The lowest BCUT2D eigenvalue weighted by atomic mass is 10.3. The number of sulfonamides is 1. The average molecular weight is 341 g/mol. The molecular formula is C15H19NO4S2. The Morgan fingerprint density at radius 1 is 1.09 bits per heavy atom. The Kier molecular flexibility index (Phi) is 5.82. The zero-order chi connectivity index (χ0) is 16.0. The molecule has 0 unspecified atom stereocenters. The van der Waals surface area contributed by atoms with E-state index in [4.69, 9.17) is 9.47 Å². The van der Waals surface area contributed by atoms with Crippen LogP contribution in [0.3, 0.4) is 0 Å². The van der Waals surface area contributed by atoms with Gasteiger partial charge in [0.05, 0.1) is 6.61 Å². The van der Waals surface area contributed by atoms with E-state index in [1.165, 1.54) is 11.3 Å². The molecular weight excluding hydrogens is 322 g/mol. The van der Waals surface area contributed by atoms with Gasteiger partial charge in [-0.1, -0.05) is 6.92 Å². The van der Waals surface area contributed by atoms with Crippen LogP contribution in [-0.4, -0.2) is 28.7 Å². The molecule has 1 aromatic heterocycles. The molecule has 22 heavy (non-hydrogen) atoms. The van der Waals surface area contributed by atoms with Gasteiger partial charge in [0, 0.05) is 17.7 Å². The number of hydrogen-bond donors (Lipinski definition) is 1. The molecule has 120 valence electrons. The summed E-state index contributed by atoms with van der Waals surface area (Å²) >= 11 is 1.29. The number of ether oxygens (including phenoxy) is 2. The third kappa shape index (κ3) is 4.46. The number of aryl methyl sites for hydroxylation is 1. The van der Waals surface area contributed by atoms with Crippen molar-refractivity contribution in [3.8, 4) is 5.75 Å². The second kappa shape index (κ2) is 7.62.